The van der Waals surface area contributed by atoms with Gasteiger partial charge in [-0.2, -0.15) is 15.0 Å². The molecule has 1 heterocycles. The molecule has 0 aliphatic heterocycles. The Hall–Kier alpha value is -3.26. The Bertz CT molecular complexity index is 1050. The summed E-state index contributed by atoms with van der Waals surface area (Å²) in [5, 5.41) is 10.8. The lowest BCUT2D eigenvalue weighted by Gasteiger charge is -2.23. The zero-order valence-electron chi connectivity index (χ0n) is 19.6. The van der Waals surface area contributed by atoms with Crippen molar-refractivity contribution in [1.82, 2.24) is 15.0 Å². The van der Waals surface area contributed by atoms with Crippen LogP contribution >= 0.6 is 11.6 Å². The van der Waals surface area contributed by atoms with Crippen molar-refractivity contribution in [2.24, 2.45) is 0 Å². The number of rotatable bonds is 10. The first-order valence-electron chi connectivity index (χ1n) is 11.6. The molecule has 1 aromatic heterocycles. The molecule has 1 fully saturated rings. The van der Waals surface area contributed by atoms with Gasteiger partial charge in [-0.05, 0) is 48.2 Å². The Morgan fingerprint density at radius 3 is 1.91 bits per heavy atom. The highest BCUT2D eigenvalue weighted by atomic mass is 35.5. The fourth-order valence-corrected chi connectivity index (χ4v) is 4.09. The highest BCUT2D eigenvalue weighted by Gasteiger charge is 2.16. The van der Waals surface area contributed by atoms with Crippen LogP contribution in [0.4, 0.5) is 17.8 Å². The quantitative estimate of drug-likeness (QED) is 0.348. The summed E-state index contributed by atoms with van der Waals surface area (Å²) < 4.78 is 10.8. The van der Waals surface area contributed by atoms with Gasteiger partial charge >= 0.3 is 0 Å². The molecule has 0 unspecified atom stereocenters. The van der Waals surface area contributed by atoms with E-state index in [1.54, 1.807) is 14.2 Å². The van der Waals surface area contributed by atoms with Gasteiger partial charge in [-0.1, -0.05) is 43.0 Å². The molecule has 3 aromatic rings. The molecule has 9 heteroatoms. The van der Waals surface area contributed by atoms with Crippen LogP contribution in [0.3, 0.4) is 0 Å². The van der Waals surface area contributed by atoms with Gasteiger partial charge in [-0.3, -0.25) is 0 Å². The van der Waals surface area contributed by atoms with Crippen LogP contribution in [0.5, 0.6) is 11.5 Å². The van der Waals surface area contributed by atoms with E-state index in [1.807, 2.05) is 42.5 Å². The number of benzene rings is 2. The predicted molar refractivity (Wildman–Crippen MR) is 136 cm³/mol. The van der Waals surface area contributed by atoms with E-state index in [2.05, 4.69) is 30.9 Å². The molecular weight excluding hydrogens is 452 g/mol. The maximum absolute atomic E-state index is 6.00. The summed E-state index contributed by atoms with van der Waals surface area (Å²) in [4.78, 5) is 13.8. The average molecular weight is 483 g/mol. The summed E-state index contributed by atoms with van der Waals surface area (Å²) in [5.74, 6) is 3.04. The van der Waals surface area contributed by atoms with Gasteiger partial charge in [0.1, 0.15) is 11.5 Å². The van der Waals surface area contributed by atoms with Crippen molar-refractivity contribution in [2.75, 3.05) is 30.2 Å². The zero-order chi connectivity index (χ0) is 23.8. The van der Waals surface area contributed by atoms with Crippen LogP contribution in [0.1, 0.15) is 43.2 Å². The van der Waals surface area contributed by atoms with Gasteiger partial charge in [-0.15, -0.1) is 0 Å². The first-order valence-corrected chi connectivity index (χ1v) is 12.0. The molecule has 0 saturated heterocycles. The van der Waals surface area contributed by atoms with Gasteiger partial charge in [0.25, 0.3) is 0 Å². The third-order valence-corrected chi connectivity index (χ3v) is 6.05. The third kappa shape index (κ3) is 6.87. The molecule has 0 radical (unpaired) electrons. The third-order valence-electron chi connectivity index (χ3n) is 5.80. The van der Waals surface area contributed by atoms with Crippen molar-refractivity contribution in [2.45, 2.75) is 51.2 Å². The summed E-state index contributed by atoms with van der Waals surface area (Å²) in [6, 6.07) is 13.8. The molecule has 34 heavy (non-hydrogen) atoms. The molecule has 1 aliphatic carbocycles. The highest BCUT2D eigenvalue weighted by Crippen LogP contribution is 2.24. The van der Waals surface area contributed by atoms with Gasteiger partial charge < -0.3 is 25.4 Å². The molecule has 4 rings (SSSR count). The van der Waals surface area contributed by atoms with E-state index in [-0.39, 0.29) is 0 Å². The Morgan fingerprint density at radius 2 is 1.32 bits per heavy atom. The standard InChI is InChI=1S/C25H31ClN6O2/c1-33-21-12-18(13-22(14-21)34-2)16-28-24-30-23(27-15-17-8-10-19(26)11-9-17)31-25(32-24)29-20-6-4-3-5-7-20/h8-14,20H,3-7,15-16H2,1-2H3,(H3,27,28,29,30,31,32). The number of ether oxygens (including phenoxy) is 2. The number of anilines is 3. The minimum Gasteiger partial charge on any atom is -0.497 e. The number of hydrogen-bond donors (Lipinski definition) is 3. The van der Waals surface area contributed by atoms with E-state index in [1.165, 1.54) is 19.3 Å². The maximum Gasteiger partial charge on any atom is 0.229 e. The highest BCUT2D eigenvalue weighted by molar-refractivity contribution is 6.30. The predicted octanol–water partition coefficient (Wildman–Crippen LogP) is 5.51. The second kappa shape index (κ2) is 11.7. The molecule has 0 amide bonds. The van der Waals surface area contributed by atoms with Crippen molar-refractivity contribution >= 4 is 29.4 Å². The van der Waals surface area contributed by atoms with Gasteiger partial charge in [0, 0.05) is 30.2 Å². The lowest BCUT2D eigenvalue weighted by Crippen LogP contribution is -2.24. The summed E-state index contributed by atoms with van der Waals surface area (Å²) >= 11 is 6.00. The van der Waals surface area contributed by atoms with Crippen LogP contribution in [0.15, 0.2) is 42.5 Å². The first kappa shape index (κ1) is 23.9. The summed E-state index contributed by atoms with van der Waals surface area (Å²) in [6.45, 7) is 1.09. The molecule has 8 nitrogen and oxygen atoms in total. The smallest absolute Gasteiger partial charge is 0.229 e. The minimum absolute atomic E-state index is 0.385. The topological polar surface area (TPSA) is 93.2 Å². The lowest BCUT2D eigenvalue weighted by molar-refractivity contribution is 0.393. The van der Waals surface area contributed by atoms with Crippen molar-refractivity contribution in [3.63, 3.8) is 0 Å². The fraction of sp³-hybridized carbons (Fsp3) is 0.400. The van der Waals surface area contributed by atoms with Crippen LogP contribution < -0.4 is 25.4 Å². The van der Waals surface area contributed by atoms with Gasteiger partial charge in [0.2, 0.25) is 17.8 Å². The molecule has 1 saturated carbocycles. The Balaban J connectivity index is 1.50. The SMILES string of the molecule is COc1cc(CNc2nc(NCc3ccc(Cl)cc3)nc(NC3CCCCC3)n2)cc(OC)c1. The molecular formula is C25H31ClN6O2. The summed E-state index contributed by atoms with van der Waals surface area (Å²) in [6.07, 6.45) is 6.01. The minimum atomic E-state index is 0.385. The van der Waals surface area contributed by atoms with Crippen molar-refractivity contribution < 1.29 is 9.47 Å². The van der Waals surface area contributed by atoms with Crippen LogP contribution in [-0.2, 0) is 13.1 Å². The second-order valence-electron chi connectivity index (χ2n) is 8.34. The summed E-state index contributed by atoms with van der Waals surface area (Å²) in [7, 11) is 3.28. The second-order valence-corrected chi connectivity index (χ2v) is 8.78. The summed E-state index contributed by atoms with van der Waals surface area (Å²) in [5.41, 5.74) is 2.08. The van der Waals surface area contributed by atoms with E-state index < -0.39 is 0 Å². The molecule has 0 spiro atoms. The molecule has 0 bridgehead atoms. The largest absolute Gasteiger partial charge is 0.497 e. The van der Waals surface area contributed by atoms with Gasteiger partial charge in [-0.25, -0.2) is 0 Å². The molecule has 3 N–H and O–H groups in total. The van der Waals surface area contributed by atoms with Crippen molar-refractivity contribution in [3.8, 4) is 11.5 Å². The van der Waals surface area contributed by atoms with Gasteiger partial charge in [0.15, 0.2) is 0 Å². The zero-order valence-corrected chi connectivity index (χ0v) is 20.4. The number of nitrogens with one attached hydrogen (secondary N) is 3. The Morgan fingerprint density at radius 1 is 0.765 bits per heavy atom. The van der Waals surface area contributed by atoms with Crippen LogP contribution in [0.25, 0.3) is 0 Å². The van der Waals surface area contributed by atoms with Crippen LogP contribution in [0.2, 0.25) is 5.02 Å². The number of aromatic nitrogens is 3. The monoisotopic (exact) mass is 482 g/mol. The normalized spacial score (nSPS) is 13.9. The van der Waals surface area contributed by atoms with E-state index >= 15 is 0 Å². The van der Waals surface area contributed by atoms with Crippen molar-refractivity contribution in [1.29, 1.82) is 0 Å². The average Bonchev–Trinajstić information content (AvgIpc) is 2.87. The van der Waals surface area contributed by atoms with E-state index in [4.69, 9.17) is 21.1 Å². The van der Waals surface area contributed by atoms with Crippen molar-refractivity contribution in [3.05, 3.63) is 58.6 Å². The van der Waals surface area contributed by atoms with E-state index in [9.17, 15) is 0 Å². The molecule has 0 atom stereocenters. The van der Waals surface area contributed by atoms with E-state index in [0.717, 1.165) is 35.5 Å². The van der Waals surface area contributed by atoms with Crippen LogP contribution in [-0.4, -0.2) is 35.2 Å². The maximum atomic E-state index is 6.00. The number of methoxy groups -OCH3 is 2. The molecule has 180 valence electrons. The fourth-order valence-electron chi connectivity index (χ4n) is 3.96. The molecule has 1 aliphatic rings. The molecule has 2 aromatic carbocycles. The number of nitrogens with zero attached hydrogens (tertiary/aromatic N) is 3. The first-order chi connectivity index (χ1) is 16.6. The number of hydrogen-bond acceptors (Lipinski definition) is 8. The van der Waals surface area contributed by atoms with Gasteiger partial charge in [0.05, 0.1) is 14.2 Å². The number of halogens is 1. The Kier molecular flexibility index (Phi) is 8.25. The Labute approximate surface area is 205 Å². The van der Waals surface area contributed by atoms with Crippen LogP contribution in [0, 0.1) is 0 Å². The lowest BCUT2D eigenvalue weighted by atomic mass is 9.96. The van der Waals surface area contributed by atoms with E-state index in [0.29, 0.717) is 42.0 Å².